The zero-order chi connectivity index (χ0) is 13.4. The lowest BCUT2D eigenvalue weighted by Gasteiger charge is -2.16. The zero-order valence-electron chi connectivity index (χ0n) is 11.1. The third-order valence-corrected chi connectivity index (χ3v) is 4.13. The molecule has 100 valence electrons. The highest BCUT2D eigenvalue weighted by atomic mass is 16.1. The molecule has 0 saturated carbocycles. The molecule has 2 heterocycles. The Morgan fingerprint density at radius 1 is 1.42 bits per heavy atom. The summed E-state index contributed by atoms with van der Waals surface area (Å²) < 4.78 is 0. The average molecular weight is 257 g/mol. The van der Waals surface area contributed by atoms with Crippen molar-refractivity contribution in [3.05, 3.63) is 36.0 Å². The molecular formula is C15H19N3O. The zero-order valence-corrected chi connectivity index (χ0v) is 11.1. The molecule has 1 aliphatic heterocycles. The average Bonchev–Trinajstić information content (AvgIpc) is 2.96. The second-order valence-corrected chi connectivity index (χ2v) is 5.54. The van der Waals surface area contributed by atoms with Gasteiger partial charge < -0.3 is 10.7 Å². The van der Waals surface area contributed by atoms with E-state index in [1.807, 2.05) is 6.20 Å². The molecule has 1 saturated heterocycles. The number of benzene rings is 1. The number of aromatic amines is 1. The van der Waals surface area contributed by atoms with E-state index in [4.69, 9.17) is 5.73 Å². The van der Waals surface area contributed by atoms with Crippen LogP contribution in [0.4, 0.5) is 0 Å². The number of primary amides is 1. The van der Waals surface area contributed by atoms with Gasteiger partial charge in [0.1, 0.15) is 0 Å². The van der Waals surface area contributed by atoms with E-state index in [9.17, 15) is 4.79 Å². The lowest BCUT2D eigenvalue weighted by molar-refractivity contribution is -0.122. The van der Waals surface area contributed by atoms with Crippen LogP contribution < -0.4 is 5.73 Å². The first-order valence-corrected chi connectivity index (χ1v) is 6.72. The number of H-pyrrole nitrogens is 1. The van der Waals surface area contributed by atoms with Gasteiger partial charge in [-0.05, 0) is 23.6 Å². The van der Waals surface area contributed by atoms with Gasteiger partial charge in [0, 0.05) is 36.7 Å². The number of likely N-dealkylation sites (tertiary alicyclic amines) is 1. The molecule has 0 bridgehead atoms. The smallest absolute Gasteiger partial charge is 0.222 e. The van der Waals surface area contributed by atoms with Gasteiger partial charge in [-0.3, -0.25) is 9.69 Å². The number of fused-ring (bicyclic) bond motifs is 1. The lowest BCUT2D eigenvalue weighted by Crippen LogP contribution is -2.29. The maximum absolute atomic E-state index is 11.4. The standard InChI is InChI=1S/C15H19N3O/c1-10-7-18(9-13(10)15(16)19)8-11-3-2-4-14-12(11)5-6-17-14/h2-6,10,13,17H,7-9H2,1H3,(H2,16,19)/t10-,13-/m1/s1. The van der Waals surface area contributed by atoms with E-state index < -0.39 is 0 Å². The van der Waals surface area contributed by atoms with Crippen LogP contribution >= 0.6 is 0 Å². The maximum atomic E-state index is 11.4. The molecule has 2 aromatic rings. The van der Waals surface area contributed by atoms with Crippen molar-refractivity contribution in [2.24, 2.45) is 17.6 Å². The van der Waals surface area contributed by atoms with Crippen molar-refractivity contribution in [3.8, 4) is 0 Å². The molecule has 1 amide bonds. The van der Waals surface area contributed by atoms with Crippen LogP contribution in [0.5, 0.6) is 0 Å². The number of amides is 1. The van der Waals surface area contributed by atoms with E-state index in [0.29, 0.717) is 5.92 Å². The number of carbonyl (C=O) groups excluding carboxylic acids is 1. The summed E-state index contributed by atoms with van der Waals surface area (Å²) in [5.41, 5.74) is 7.91. The number of aromatic nitrogens is 1. The molecule has 3 N–H and O–H groups in total. The summed E-state index contributed by atoms with van der Waals surface area (Å²) in [5.74, 6) is 0.170. The van der Waals surface area contributed by atoms with Crippen LogP contribution in [0.3, 0.4) is 0 Å². The molecule has 19 heavy (non-hydrogen) atoms. The van der Waals surface area contributed by atoms with Crippen LogP contribution in [-0.4, -0.2) is 28.9 Å². The minimum absolute atomic E-state index is 0.00886. The first-order valence-electron chi connectivity index (χ1n) is 6.72. The summed E-state index contributed by atoms with van der Waals surface area (Å²) in [6.07, 6.45) is 1.97. The maximum Gasteiger partial charge on any atom is 0.222 e. The molecular weight excluding hydrogens is 238 g/mol. The second-order valence-electron chi connectivity index (χ2n) is 5.54. The van der Waals surface area contributed by atoms with Gasteiger partial charge in [0.2, 0.25) is 5.91 Å². The molecule has 0 aliphatic carbocycles. The number of hydrogen-bond acceptors (Lipinski definition) is 2. The minimum atomic E-state index is -0.171. The number of rotatable bonds is 3. The predicted octanol–water partition coefficient (Wildman–Crippen LogP) is 1.72. The molecule has 1 aliphatic rings. The van der Waals surface area contributed by atoms with Crippen molar-refractivity contribution in [2.45, 2.75) is 13.5 Å². The Kier molecular flexibility index (Phi) is 3.03. The normalized spacial score (nSPS) is 24.1. The Morgan fingerprint density at radius 2 is 2.26 bits per heavy atom. The van der Waals surface area contributed by atoms with Gasteiger partial charge in [-0.2, -0.15) is 0 Å². The van der Waals surface area contributed by atoms with Crippen molar-refractivity contribution in [1.82, 2.24) is 9.88 Å². The molecule has 0 spiro atoms. The topological polar surface area (TPSA) is 62.1 Å². The first kappa shape index (κ1) is 12.2. The highest BCUT2D eigenvalue weighted by molar-refractivity contribution is 5.82. The highest BCUT2D eigenvalue weighted by Crippen LogP contribution is 2.26. The van der Waals surface area contributed by atoms with E-state index >= 15 is 0 Å². The summed E-state index contributed by atoms with van der Waals surface area (Å²) in [4.78, 5) is 16.9. The molecule has 1 fully saturated rings. The Balaban J connectivity index is 1.79. The Labute approximate surface area is 112 Å². The Hall–Kier alpha value is -1.81. The van der Waals surface area contributed by atoms with Crippen molar-refractivity contribution >= 4 is 16.8 Å². The molecule has 0 unspecified atom stereocenters. The van der Waals surface area contributed by atoms with Crippen LogP contribution in [0.15, 0.2) is 30.5 Å². The fourth-order valence-corrected chi connectivity index (χ4v) is 3.10. The summed E-state index contributed by atoms with van der Waals surface area (Å²) in [6.45, 7) is 4.70. The molecule has 4 heteroatoms. The van der Waals surface area contributed by atoms with Crippen LogP contribution in [0.2, 0.25) is 0 Å². The van der Waals surface area contributed by atoms with Gasteiger partial charge in [0.15, 0.2) is 0 Å². The van der Waals surface area contributed by atoms with E-state index in [2.05, 4.69) is 41.1 Å². The second kappa shape index (κ2) is 4.70. The highest BCUT2D eigenvalue weighted by Gasteiger charge is 2.33. The van der Waals surface area contributed by atoms with E-state index in [-0.39, 0.29) is 11.8 Å². The quantitative estimate of drug-likeness (QED) is 0.879. The first-order chi connectivity index (χ1) is 9.15. The third kappa shape index (κ3) is 2.24. The van der Waals surface area contributed by atoms with Crippen LogP contribution in [0, 0.1) is 11.8 Å². The monoisotopic (exact) mass is 257 g/mol. The minimum Gasteiger partial charge on any atom is -0.369 e. The predicted molar refractivity (Wildman–Crippen MR) is 75.4 cm³/mol. The number of nitrogens with one attached hydrogen (secondary N) is 1. The Morgan fingerprint density at radius 3 is 3.00 bits per heavy atom. The fourth-order valence-electron chi connectivity index (χ4n) is 3.10. The Bertz CT molecular complexity index is 604. The number of carbonyl (C=O) groups is 1. The summed E-state index contributed by atoms with van der Waals surface area (Å²) in [7, 11) is 0. The molecule has 1 aromatic carbocycles. The summed E-state index contributed by atoms with van der Waals surface area (Å²) in [6, 6.07) is 8.41. The van der Waals surface area contributed by atoms with E-state index in [1.54, 1.807) is 0 Å². The van der Waals surface area contributed by atoms with E-state index in [0.717, 1.165) is 25.2 Å². The van der Waals surface area contributed by atoms with Gasteiger partial charge in [-0.1, -0.05) is 19.1 Å². The van der Waals surface area contributed by atoms with Crippen LogP contribution in [0.25, 0.3) is 10.9 Å². The SMILES string of the molecule is C[C@@H]1CN(Cc2cccc3[nH]ccc23)C[C@H]1C(N)=O. The van der Waals surface area contributed by atoms with Crippen molar-refractivity contribution in [1.29, 1.82) is 0 Å². The largest absolute Gasteiger partial charge is 0.369 e. The third-order valence-electron chi connectivity index (χ3n) is 4.13. The number of hydrogen-bond donors (Lipinski definition) is 2. The van der Waals surface area contributed by atoms with Gasteiger partial charge in [-0.25, -0.2) is 0 Å². The van der Waals surface area contributed by atoms with Gasteiger partial charge in [0.05, 0.1) is 5.92 Å². The number of nitrogens with two attached hydrogens (primary N) is 1. The van der Waals surface area contributed by atoms with Gasteiger partial charge in [0.25, 0.3) is 0 Å². The van der Waals surface area contributed by atoms with Crippen LogP contribution in [0.1, 0.15) is 12.5 Å². The van der Waals surface area contributed by atoms with Crippen molar-refractivity contribution in [2.75, 3.05) is 13.1 Å². The van der Waals surface area contributed by atoms with Crippen molar-refractivity contribution < 1.29 is 4.79 Å². The molecule has 4 nitrogen and oxygen atoms in total. The summed E-state index contributed by atoms with van der Waals surface area (Å²) in [5, 5.41) is 1.26. The summed E-state index contributed by atoms with van der Waals surface area (Å²) >= 11 is 0. The van der Waals surface area contributed by atoms with Crippen LogP contribution in [-0.2, 0) is 11.3 Å². The molecule has 1 aromatic heterocycles. The van der Waals surface area contributed by atoms with Gasteiger partial charge >= 0.3 is 0 Å². The van der Waals surface area contributed by atoms with Gasteiger partial charge in [-0.15, -0.1) is 0 Å². The molecule has 2 atom stereocenters. The molecule has 3 rings (SSSR count). The lowest BCUT2D eigenvalue weighted by atomic mass is 9.98. The van der Waals surface area contributed by atoms with E-state index in [1.165, 1.54) is 10.9 Å². The number of nitrogens with zero attached hydrogens (tertiary/aromatic N) is 1. The fraction of sp³-hybridized carbons (Fsp3) is 0.400. The van der Waals surface area contributed by atoms with Crippen molar-refractivity contribution in [3.63, 3.8) is 0 Å². The molecule has 0 radical (unpaired) electrons.